The molecule has 4 nitrogen and oxygen atoms in total. The van der Waals surface area contributed by atoms with Crippen LogP contribution in [0.4, 0.5) is 0 Å². The SMILES string of the molecule is Cc1cc(SCC(=O)NCC(=O)N(C)C)c(C)cc1Br. The second-order valence-electron chi connectivity index (χ2n) is 4.72. The molecule has 20 heavy (non-hydrogen) atoms. The number of nitrogens with zero attached hydrogens (tertiary/aromatic N) is 1. The second-order valence-corrected chi connectivity index (χ2v) is 6.59. The maximum atomic E-state index is 11.7. The van der Waals surface area contributed by atoms with Crippen LogP contribution in [0.5, 0.6) is 0 Å². The number of rotatable bonds is 5. The van der Waals surface area contributed by atoms with E-state index in [0.29, 0.717) is 5.75 Å². The summed E-state index contributed by atoms with van der Waals surface area (Å²) in [4.78, 5) is 25.6. The summed E-state index contributed by atoms with van der Waals surface area (Å²) in [5, 5.41) is 2.62. The molecule has 0 heterocycles. The van der Waals surface area contributed by atoms with E-state index in [1.807, 2.05) is 19.9 Å². The zero-order valence-corrected chi connectivity index (χ0v) is 14.5. The fraction of sp³-hybridized carbons (Fsp3) is 0.429. The van der Waals surface area contributed by atoms with Crippen molar-refractivity contribution in [1.82, 2.24) is 10.2 Å². The molecular weight excluding hydrogens is 340 g/mol. The van der Waals surface area contributed by atoms with Gasteiger partial charge in [-0.15, -0.1) is 11.8 Å². The van der Waals surface area contributed by atoms with Crippen LogP contribution in [0.3, 0.4) is 0 Å². The highest BCUT2D eigenvalue weighted by Gasteiger charge is 2.09. The third kappa shape index (κ3) is 5.17. The van der Waals surface area contributed by atoms with E-state index in [4.69, 9.17) is 0 Å². The Morgan fingerprint density at radius 3 is 2.50 bits per heavy atom. The number of hydrogen-bond acceptors (Lipinski definition) is 3. The van der Waals surface area contributed by atoms with Crippen molar-refractivity contribution in [2.45, 2.75) is 18.7 Å². The number of nitrogens with one attached hydrogen (secondary N) is 1. The van der Waals surface area contributed by atoms with Gasteiger partial charge >= 0.3 is 0 Å². The van der Waals surface area contributed by atoms with E-state index in [-0.39, 0.29) is 18.4 Å². The Bertz CT molecular complexity index is 518. The predicted octanol–water partition coefficient (Wildman–Crippen LogP) is 2.36. The minimum absolute atomic E-state index is 0.0464. The number of benzene rings is 1. The molecule has 0 atom stereocenters. The number of carbonyl (C=O) groups excluding carboxylic acids is 2. The summed E-state index contributed by atoms with van der Waals surface area (Å²) in [5.41, 5.74) is 2.27. The van der Waals surface area contributed by atoms with E-state index in [9.17, 15) is 9.59 Å². The molecule has 0 aliphatic rings. The van der Waals surface area contributed by atoms with Gasteiger partial charge in [0, 0.05) is 23.5 Å². The van der Waals surface area contributed by atoms with Crippen LogP contribution < -0.4 is 5.32 Å². The van der Waals surface area contributed by atoms with E-state index >= 15 is 0 Å². The predicted molar refractivity (Wildman–Crippen MR) is 86.0 cm³/mol. The molecule has 1 aromatic carbocycles. The first kappa shape index (κ1) is 17.0. The monoisotopic (exact) mass is 358 g/mol. The quantitative estimate of drug-likeness (QED) is 0.822. The minimum atomic E-state index is -0.134. The number of likely N-dealkylation sites (N-methyl/N-ethyl adjacent to an activating group) is 1. The van der Waals surface area contributed by atoms with Crippen LogP contribution in [-0.4, -0.2) is 43.1 Å². The van der Waals surface area contributed by atoms with Crippen molar-refractivity contribution in [3.8, 4) is 0 Å². The summed E-state index contributed by atoms with van der Waals surface area (Å²) in [7, 11) is 3.33. The normalized spacial score (nSPS) is 10.2. The number of thioether (sulfide) groups is 1. The Morgan fingerprint density at radius 2 is 1.90 bits per heavy atom. The Balaban J connectivity index is 2.49. The minimum Gasteiger partial charge on any atom is -0.347 e. The maximum Gasteiger partial charge on any atom is 0.241 e. The summed E-state index contributed by atoms with van der Waals surface area (Å²) in [5.74, 6) is 0.0620. The highest BCUT2D eigenvalue weighted by molar-refractivity contribution is 9.10. The molecule has 1 rings (SSSR count). The molecular formula is C14H19BrN2O2S. The molecule has 0 spiro atoms. The Kier molecular flexibility index (Phi) is 6.55. The van der Waals surface area contributed by atoms with Gasteiger partial charge in [0.05, 0.1) is 12.3 Å². The Morgan fingerprint density at radius 1 is 1.25 bits per heavy atom. The molecule has 0 aliphatic heterocycles. The van der Waals surface area contributed by atoms with Crippen LogP contribution in [0.15, 0.2) is 21.5 Å². The Hall–Kier alpha value is -1.01. The maximum absolute atomic E-state index is 11.7. The van der Waals surface area contributed by atoms with Gasteiger partial charge in [0.25, 0.3) is 0 Å². The fourth-order valence-corrected chi connectivity index (χ4v) is 2.83. The van der Waals surface area contributed by atoms with Gasteiger partial charge in [0.15, 0.2) is 0 Å². The number of amides is 2. The van der Waals surface area contributed by atoms with Crippen LogP contribution in [-0.2, 0) is 9.59 Å². The van der Waals surface area contributed by atoms with Crippen molar-refractivity contribution < 1.29 is 9.59 Å². The van der Waals surface area contributed by atoms with E-state index in [1.54, 1.807) is 14.1 Å². The molecule has 2 amide bonds. The topological polar surface area (TPSA) is 49.4 Å². The molecule has 0 aliphatic carbocycles. The van der Waals surface area contributed by atoms with Gasteiger partial charge in [0.2, 0.25) is 11.8 Å². The van der Waals surface area contributed by atoms with Crippen molar-refractivity contribution in [1.29, 1.82) is 0 Å². The first-order valence-electron chi connectivity index (χ1n) is 6.17. The van der Waals surface area contributed by atoms with E-state index in [0.717, 1.165) is 20.5 Å². The first-order chi connectivity index (χ1) is 9.31. The molecule has 0 fully saturated rings. The largest absolute Gasteiger partial charge is 0.347 e. The van der Waals surface area contributed by atoms with E-state index in [1.165, 1.54) is 16.7 Å². The third-order valence-electron chi connectivity index (χ3n) is 2.75. The van der Waals surface area contributed by atoms with Gasteiger partial charge in [-0.05, 0) is 37.1 Å². The molecule has 6 heteroatoms. The number of halogens is 1. The van der Waals surface area contributed by atoms with E-state index < -0.39 is 0 Å². The third-order valence-corrected chi connectivity index (χ3v) is 4.76. The molecule has 0 saturated heterocycles. The number of carbonyl (C=O) groups is 2. The zero-order valence-electron chi connectivity index (χ0n) is 12.1. The summed E-state index contributed by atoms with van der Waals surface area (Å²) in [6.07, 6.45) is 0. The molecule has 1 aromatic rings. The standard InChI is InChI=1S/C14H19BrN2O2S/c1-9-6-12(10(2)5-11(9)15)20-8-13(18)16-7-14(19)17(3)4/h5-6H,7-8H2,1-4H3,(H,16,18). The molecule has 0 saturated carbocycles. The average Bonchev–Trinajstić information content (AvgIpc) is 2.38. The van der Waals surface area contributed by atoms with Crippen LogP contribution in [0.1, 0.15) is 11.1 Å². The lowest BCUT2D eigenvalue weighted by Gasteiger charge is -2.11. The average molecular weight is 359 g/mol. The summed E-state index contributed by atoms with van der Waals surface area (Å²) in [6, 6.07) is 4.10. The highest BCUT2D eigenvalue weighted by atomic mass is 79.9. The summed E-state index contributed by atoms with van der Waals surface area (Å²) < 4.78 is 1.07. The molecule has 0 aromatic heterocycles. The lowest BCUT2D eigenvalue weighted by molar-refractivity contribution is -0.130. The van der Waals surface area contributed by atoms with Gasteiger partial charge in [0.1, 0.15) is 0 Å². The van der Waals surface area contributed by atoms with Crippen molar-refractivity contribution in [3.05, 3.63) is 27.7 Å². The Labute approximate surface area is 132 Å². The van der Waals surface area contributed by atoms with Crippen LogP contribution in [0.25, 0.3) is 0 Å². The zero-order chi connectivity index (χ0) is 15.3. The van der Waals surface area contributed by atoms with Gasteiger partial charge in [-0.25, -0.2) is 0 Å². The van der Waals surface area contributed by atoms with Crippen molar-refractivity contribution in [3.63, 3.8) is 0 Å². The van der Waals surface area contributed by atoms with Crippen molar-refractivity contribution >= 4 is 39.5 Å². The van der Waals surface area contributed by atoms with Crippen molar-refractivity contribution in [2.24, 2.45) is 0 Å². The summed E-state index contributed by atoms with van der Waals surface area (Å²) >= 11 is 4.96. The van der Waals surface area contributed by atoms with Crippen molar-refractivity contribution in [2.75, 3.05) is 26.4 Å². The highest BCUT2D eigenvalue weighted by Crippen LogP contribution is 2.28. The lowest BCUT2D eigenvalue weighted by atomic mass is 10.2. The molecule has 0 unspecified atom stereocenters. The lowest BCUT2D eigenvalue weighted by Crippen LogP contribution is -2.36. The summed E-state index contributed by atoms with van der Waals surface area (Å²) in [6.45, 7) is 4.08. The van der Waals surface area contributed by atoms with Gasteiger partial charge in [-0.2, -0.15) is 0 Å². The molecule has 0 radical (unpaired) electrons. The van der Waals surface area contributed by atoms with Gasteiger partial charge in [-0.3, -0.25) is 9.59 Å². The smallest absolute Gasteiger partial charge is 0.241 e. The van der Waals surface area contributed by atoms with E-state index in [2.05, 4.69) is 27.3 Å². The molecule has 0 bridgehead atoms. The van der Waals surface area contributed by atoms with Crippen LogP contribution >= 0.6 is 27.7 Å². The first-order valence-corrected chi connectivity index (χ1v) is 7.95. The number of hydrogen-bond donors (Lipinski definition) is 1. The number of aryl methyl sites for hydroxylation is 2. The fourth-order valence-electron chi connectivity index (χ4n) is 1.44. The van der Waals surface area contributed by atoms with Crippen LogP contribution in [0, 0.1) is 13.8 Å². The van der Waals surface area contributed by atoms with Gasteiger partial charge in [-0.1, -0.05) is 15.9 Å². The second kappa shape index (κ2) is 7.69. The van der Waals surface area contributed by atoms with Crippen LogP contribution in [0.2, 0.25) is 0 Å². The van der Waals surface area contributed by atoms with Gasteiger partial charge < -0.3 is 10.2 Å². The molecule has 110 valence electrons. The molecule has 1 N–H and O–H groups in total.